The third-order valence-corrected chi connectivity index (χ3v) is 6.73. The van der Waals surface area contributed by atoms with Gasteiger partial charge in [-0.2, -0.15) is 0 Å². The average molecular weight is 560 g/mol. The van der Waals surface area contributed by atoms with E-state index in [0.717, 1.165) is 22.5 Å². The Kier molecular flexibility index (Phi) is 9.30. The van der Waals surface area contributed by atoms with Crippen LogP contribution in [0.2, 0.25) is 5.82 Å². The van der Waals surface area contributed by atoms with Gasteiger partial charge in [0.1, 0.15) is 17.5 Å². The fraction of sp³-hybridized carbons (Fsp3) is 0.417. The normalized spacial score (nSPS) is 16.1. The Morgan fingerprint density at radius 3 is 2.67 bits per heavy atom. The Bertz CT molecular complexity index is 1300. The van der Waals surface area contributed by atoms with Gasteiger partial charge >= 0.3 is 19.1 Å². The van der Waals surface area contributed by atoms with Crippen LogP contribution in [0.1, 0.15) is 49.9 Å². The highest BCUT2D eigenvalue weighted by Crippen LogP contribution is 2.36. The van der Waals surface area contributed by atoms with Crippen molar-refractivity contribution in [2.45, 2.75) is 63.9 Å². The largest absolute Gasteiger partial charge is 0.536 e. The molecular formula is C24H29BN4O9S. The van der Waals surface area contributed by atoms with Crippen molar-refractivity contribution in [3.63, 3.8) is 0 Å². The predicted molar refractivity (Wildman–Crippen MR) is 142 cm³/mol. The molecule has 2 atom stereocenters. The van der Waals surface area contributed by atoms with Crippen LogP contribution in [0.15, 0.2) is 28.7 Å². The van der Waals surface area contributed by atoms with E-state index in [0.29, 0.717) is 12.2 Å². The second-order valence-corrected chi connectivity index (χ2v) is 10.5. The first-order valence-electron chi connectivity index (χ1n) is 12.0. The number of hydrogen-bond donors (Lipinski definition) is 5. The fourth-order valence-corrected chi connectivity index (χ4v) is 4.39. The smallest absolute Gasteiger partial charge is 0.526 e. The maximum absolute atomic E-state index is 13.4. The molecule has 3 rings (SSSR count). The number of oxime groups is 1. The summed E-state index contributed by atoms with van der Waals surface area (Å²) >= 11 is 1.06. The van der Waals surface area contributed by atoms with Crippen molar-refractivity contribution in [1.29, 1.82) is 0 Å². The first-order valence-corrected chi connectivity index (χ1v) is 12.9. The summed E-state index contributed by atoms with van der Waals surface area (Å²) in [5, 5.41) is 36.5. The molecule has 0 saturated carbocycles. The van der Waals surface area contributed by atoms with Gasteiger partial charge < -0.3 is 35.8 Å². The summed E-state index contributed by atoms with van der Waals surface area (Å²) in [6.07, 6.45) is -0.622. The van der Waals surface area contributed by atoms with Crippen LogP contribution < -0.4 is 15.7 Å². The third-order valence-electron chi connectivity index (χ3n) is 6.06. The Balaban J connectivity index is 1.78. The lowest BCUT2D eigenvalue weighted by atomic mass is 9.64. The van der Waals surface area contributed by atoms with Crippen LogP contribution in [-0.2, 0) is 30.4 Å². The number of carboxylic acid groups (broad SMARTS) is 2. The van der Waals surface area contributed by atoms with Gasteiger partial charge in [0, 0.05) is 24.0 Å². The Morgan fingerprint density at radius 2 is 2.05 bits per heavy atom. The fourth-order valence-electron chi connectivity index (χ4n) is 3.85. The van der Waals surface area contributed by atoms with Gasteiger partial charge in [-0.1, -0.05) is 23.4 Å². The summed E-state index contributed by atoms with van der Waals surface area (Å²) in [5.74, 6) is -4.10. The van der Waals surface area contributed by atoms with Crippen LogP contribution in [0.4, 0.5) is 5.13 Å². The van der Waals surface area contributed by atoms with Gasteiger partial charge in [-0.25, -0.2) is 9.78 Å². The standard InChI is InChI=1S/C24H29BN4O9S/c1-12-5-4-6-13-9-14(25(36)37-20(12)13)10-17(30)19(16-11-39-23(26)28-16)29-38-24(2,3)22(35)27-15(21(33)34)7-8-18(31)32/h4-6,11,14-15,36H,7-10H2,1-3H3,(H2,26,28)(H,27,35)(H,31,32)(H,33,34)/b29-19-/t14-,15+/m1/s1. The number of aliphatic carboxylic acids is 2. The molecule has 0 saturated heterocycles. The number of nitrogens with zero attached hydrogens (tertiary/aromatic N) is 2. The minimum absolute atomic E-state index is 0.103. The molecule has 39 heavy (non-hydrogen) atoms. The molecule has 0 radical (unpaired) electrons. The SMILES string of the molecule is Cc1cccc2c1OB(O)[C@@H](CC(=O)/C(=N\OC(C)(C)C(=O)N[C@@H](CCC(=O)O)C(=O)O)c1csc(N)n1)C2. The highest BCUT2D eigenvalue weighted by molar-refractivity contribution is 7.13. The molecule has 0 aliphatic carbocycles. The van der Waals surface area contributed by atoms with E-state index in [1.165, 1.54) is 19.2 Å². The second kappa shape index (κ2) is 12.3. The van der Waals surface area contributed by atoms with Crippen molar-refractivity contribution in [3.8, 4) is 5.75 Å². The number of aryl methyl sites for hydroxylation is 1. The average Bonchev–Trinajstić information content (AvgIpc) is 3.28. The maximum atomic E-state index is 13.4. The van der Waals surface area contributed by atoms with Gasteiger partial charge in [-0.05, 0) is 44.7 Å². The van der Waals surface area contributed by atoms with E-state index in [9.17, 15) is 29.3 Å². The number of thiazole rings is 1. The van der Waals surface area contributed by atoms with E-state index >= 15 is 0 Å². The molecular weight excluding hydrogens is 531 g/mol. The molecule has 1 aliphatic heterocycles. The molecule has 1 aliphatic rings. The molecule has 0 fully saturated rings. The van der Waals surface area contributed by atoms with E-state index in [-0.39, 0.29) is 29.4 Å². The topological polar surface area (TPSA) is 211 Å². The van der Waals surface area contributed by atoms with E-state index in [1.807, 2.05) is 25.1 Å². The Labute approximate surface area is 228 Å². The molecule has 15 heteroatoms. The van der Waals surface area contributed by atoms with Crippen LogP contribution in [0.3, 0.4) is 0 Å². The number of fused-ring (bicyclic) bond motifs is 1. The number of ketones is 1. The number of benzene rings is 1. The number of carbonyl (C=O) groups excluding carboxylic acids is 2. The zero-order valence-corrected chi connectivity index (χ0v) is 22.4. The van der Waals surface area contributed by atoms with Crippen molar-refractivity contribution in [2.24, 2.45) is 5.16 Å². The van der Waals surface area contributed by atoms with Gasteiger partial charge in [0.2, 0.25) is 5.60 Å². The van der Waals surface area contributed by atoms with Crippen LogP contribution >= 0.6 is 11.3 Å². The van der Waals surface area contributed by atoms with Crippen molar-refractivity contribution in [1.82, 2.24) is 10.3 Å². The number of nitrogens with two attached hydrogens (primary N) is 1. The van der Waals surface area contributed by atoms with E-state index in [2.05, 4.69) is 15.5 Å². The molecule has 1 aromatic carbocycles. The van der Waals surface area contributed by atoms with E-state index in [4.69, 9.17) is 20.3 Å². The van der Waals surface area contributed by atoms with Gasteiger partial charge in [-0.15, -0.1) is 11.3 Å². The van der Waals surface area contributed by atoms with Crippen LogP contribution in [0.5, 0.6) is 5.75 Å². The zero-order chi connectivity index (χ0) is 28.9. The molecule has 1 amide bonds. The van der Waals surface area contributed by atoms with Crippen LogP contribution in [0.25, 0.3) is 0 Å². The summed E-state index contributed by atoms with van der Waals surface area (Å²) in [6, 6.07) is 4.09. The lowest BCUT2D eigenvalue weighted by Crippen LogP contribution is -2.50. The summed E-state index contributed by atoms with van der Waals surface area (Å²) in [6.45, 7) is 4.46. The van der Waals surface area contributed by atoms with Crippen LogP contribution in [0, 0.1) is 6.92 Å². The number of carboxylic acids is 2. The van der Waals surface area contributed by atoms with Crippen molar-refractivity contribution >= 4 is 52.9 Å². The number of hydrogen-bond acceptors (Lipinski definition) is 11. The number of nitrogen functional groups attached to an aromatic ring is 1. The Morgan fingerprint density at radius 1 is 1.33 bits per heavy atom. The second-order valence-electron chi connectivity index (χ2n) is 9.57. The number of carbonyl (C=O) groups is 4. The van der Waals surface area contributed by atoms with Gasteiger partial charge in [0.05, 0.1) is 0 Å². The minimum atomic E-state index is -1.76. The first kappa shape index (κ1) is 29.6. The number of aromatic nitrogens is 1. The monoisotopic (exact) mass is 560 g/mol. The molecule has 2 aromatic rings. The molecule has 2 heterocycles. The molecule has 0 spiro atoms. The third kappa shape index (κ3) is 7.54. The summed E-state index contributed by atoms with van der Waals surface area (Å²) in [5.41, 5.74) is 5.54. The number of Topliss-reactive ketones (excluding diaryl/α,β-unsaturated/α-hetero) is 1. The molecule has 208 valence electrons. The van der Waals surface area contributed by atoms with E-state index in [1.54, 1.807) is 0 Å². The molecule has 6 N–H and O–H groups in total. The molecule has 0 unspecified atom stereocenters. The van der Waals surface area contributed by atoms with Crippen molar-refractivity contribution in [2.75, 3.05) is 5.73 Å². The van der Waals surface area contributed by atoms with Crippen molar-refractivity contribution in [3.05, 3.63) is 40.4 Å². The summed E-state index contributed by atoms with van der Waals surface area (Å²) < 4.78 is 5.66. The number of anilines is 1. The molecule has 1 aromatic heterocycles. The highest BCUT2D eigenvalue weighted by atomic mass is 32.1. The number of nitrogens with one attached hydrogen (secondary N) is 1. The van der Waals surface area contributed by atoms with Gasteiger partial charge in [0.15, 0.2) is 16.6 Å². The molecule has 13 nitrogen and oxygen atoms in total. The Hall–Kier alpha value is -3.98. The number of rotatable bonds is 12. The minimum Gasteiger partial charge on any atom is -0.536 e. The highest BCUT2D eigenvalue weighted by Gasteiger charge is 2.39. The maximum Gasteiger partial charge on any atom is 0.526 e. The van der Waals surface area contributed by atoms with E-state index < -0.39 is 54.6 Å². The van der Waals surface area contributed by atoms with Gasteiger partial charge in [-0.3, -0.25) is 14.4 Å². The number of para-hydroxylation sites is 1. The molecule has 0 bridgehead atoms. The van der Waals surface area contributed by atoms with Gasteiger partial charge in [0.25, 0.3) is 5.91 Å². The lowest BCUT2D eigenvalue weighted by Gasteiger charge is -2.28. The quantitative estimate of drug-likeness (QED) is 0.142. The summed E-state index contributed by atoms with van der Waals surface area (Å²) in [4.78, 5) is 57.9. The predicted octanol–water partition coefficient (Wildman–Crippen LogP) is 1.41. The first-order chi connectivity index (χ1) is 18.3. The van der Waals surface area contributed by atoms with Crippen molar-refractivity contribution < 1.29 is 43.9 Å². The summed E-state index contributed by atoms with van der Waals surface area (Å²) in [7, 11) is -1.24. The lowest BCUT2D eigenvalue weighted by molar-refractivity contribution is -0.150. The van der Waals surface area contributed by atoms with Crippen LogP contribution in [-0.4, -0.2) is 68.3 Å². The zero-order valence-electron chi connectivity index (χ0n) is 21.5. The number of amides is 1.